The van der Waals surface area contributed by atoms with E-state index in [1.807, 2.05) is 0 Å². The highest BCUT2D eigenvalue weighted by atomic mass is 19.1. The molecule has 0 spiro atoms. The molecule has 132 valence electrons. The Morgan fingerprint density at radius 1 is 1.24 bits per heavy atom. The SMILES string of the molecule is O=C(NCC1CCCO1)Nc1cccc(OCc2cccc(F)c2)c1. The summed E-state index contributed by atoms with van der Waals surface area (Å²) in [6, 6.07) is 13.1. The fourth-order valence-corrected chi connectivity index (χ4v) is 2.64. The maximum atomic E-state index is 13.2. The average molecular weight is 344 g/mol. The van der Waals surface area contributed by atoms with Crippen molar-refractivity contribution in [3.8, 4) is 5.75 Å². The van der Waals surface area contributed by atoms with Gasteiger partial charge in [-0.2, -0.15) is 0 Å². The number of urea groups is 1. The van der Waals surface area contributed by atoms with Gasteiger partial charge in [-0.15, -0.1) is 0 Å². The van der Waals surface area contributed by atoms with Crippen molar-refractivity contribution in [2.45, 2.75) is 25.6 Å². The quantitative estimate of drug-likeness (QED) is 0.840. The predicted molar refractivity (Wildman–Crippen MR) is 93.2 cm³/mol. The first-order chi connectivity index (χ1) is 12.2. The highest BCUT2D eigenvalue weighted by Crippen LogP contribution is 2.19. The van der Waals surface area contributed by atoms with Crippen LogP contribution in [-0.4, -0.2) is 25.3 Å². The molecular weight excluding hydrogens is 323 g/mol. The van der Waals surface area contributed by atoms with Crippen molar-refractivity contribution in [1.82, 2.24) is 5.32 Å². The van der Waals surface area contributed by atoms with Crippen molar-refractivity contribution >= 4 is 11.7 Å². The molecule has 1 aliphatic heterocycles. The van der Waals surface area contributed by atoms with Crippen LogP contribution in [0.4, 0.5) is 14.9 Å². The van der Waals surface area contributed by atoms with Crippen molar-refractivity contribution in [2.75, 3.05) is 18.5 Å². The van der Waals surface area contributed by atoms with Crippen LogP contribution in [0.2, 0.25) is 0 Å². The lowest BCUT2D eigenvalue weighted by molar-refractivity contribution is 0.112. The number of carbonyl (C=O) groups excluding carboxylic acids is 1. The summed E-state index contributed by atoms with van der Waals surface area (Å²) >= 11 is 0. The Morgan fingerprint density at radius 2 is 2.12 bits per heavy atom. The minimum Gasteiger partial charge on any atom is -0.489 e. The van der Waals surface area contributed by atoms with E-state index in [1.165, 1.54) is 12.1 Å². The molecule has 1 heterocycles. The number of hydrogen-bond acceptors (Lipinski definition) is 3. The Balaban J connectivity index is 1.49. The molecule has 1 saturated heterocycles. The minimum absolute atomic E-state index is 0.103. The molecule has 0 bridgehead atoms. The second-order valence-electron chi connectivity index (χ2n) is 5.92. The van der Waals surface area contributed by atoms with Crippen molar-refractivity contribution in [1.29, 1.82) is 0 Å². The van der Waals surface area contributed by atoms with Gasteiger partial charge in [0.1, 0.15) is 18.2 Å². The largest absolute Gasteiger partial charge is 0.489 e. The second kappa shape index (κ2) is 8.48. The molecule has 6 heteroatoms. The van der Waals surface area contributed by atoms with E-state index in [0.717, 1.165) is 25.0 Å². The highest BCUT2D eigenvalue weighted by molar-refractivity contribution is 5.89. The topological polar surface area (TPSA) is 59.6 Å². The van der Waals surface area contributed by atoms with Crippen LogP contribution in [0, 0.1) is 5.82 Å². The van der Waals surface area contributed by atoms with Crippen molar-refractivity contribution < 1.29 is 18.7 Å². The fourth-order valence-electron chi connectivity index (χ4n) is 2.64. The third-order valence-electron chi connectivity index (χ3n) is 3.90. The monoisotopic (exact) mass is 344 g/mol. The summed E-state index contributed by atoms with van der Waals surface area (Å²) in [7, 11) is 0. The molecule has 3 rings (SSSR count). The summed E-state index contributed by atoms with van der Waals surface area (Å²) in [4.78, 5) is 11.9. The van der Waals surface area contributed by atoms with Gasteiger partial charge in [0.05, 0.1) is 6.10 Å². The first-order valence-corrected chi connectivity index (χ1v) is 8.33. The van der Waals surface area contributed by atoms with Gasteiger partial charge in [-0.05, 0) is 42.7 Å². The molecule has 2 aromatic rings. The van der Waals surface area contributed by atoms with Crippen LogP contribution in [0.5, 0.6) is 5.75 Å². The predicted octanol–water partition coefficient (Wildman–Crippen LogP) is 3.71. The van der Waals surface area contributed by atoms with E-state index in [0.29, 0.717) is 18.0 Å². The molecule has 1 aliphatic rings. The van der Waals surface area contributed by atoms with Crippen LogP contribution in [0.3, 0.4) is 0 Å². The lowest BCUT2D eigenvalue weighted by Gasteiger charge is -2.12. The zero-order valence-electron chi connectivity index (χ0n) is 13.8. The average Bonchev–Trinajstić information content (AvgIpc) is 3.12. The Labute approximate surface area is 146 Å². The summed E-state index contributed by atoms with van der Waals surface area (Å²) in [6.07, 6.45) is 2.12. The molecule has 1 unspecified atom stereocenters. The number of amides is 2. The molecule has 1 atom stereocenters. The molecule has 25 heavy (non-hydrogen) atoms. The maximum Gasteiger partial charge on any atom is 0.319 e. The molecule has 2 N–H and O–H groups in total. The Kier molecular flexibility index (Phi) is 5.85. The Morgan fingerprint density at radius 3 is 2.92 bits per heavy atom. The zero-order valence-corrected chi connectivity index (χ0v) is 13.8. The third kappa shape index (κ3) is 5.46. The molecule has 0 radical (unpaired) electrons. The zero-order chi connectivity index (χ0) is 17.5. The number of ether oxygens (including phenoxy) is 2. The normalized spacial score (nSPS) is 16.4. The van der Waals surface area contributed by atoms with Crippen LogP contribution in [0.15, 0.2) is 48.5 Å². The molecule has 1 fully saturated rings. The van der Waals surface area contributed by atoms with Crippen LogP contribution in [0.25, 0.3) is 0 Å². The standard InChI is InChI=1S/C19H21FN2O3/c20-15-5-1-4-14(10-15)13-25-17-7-2-6-16(11-17)22-19(23)21-12-18-8-3-9-24-18/h1-2,4-7,10-11,18H,3,8-9,12-13H2,(H2,21,22,23). The summed E-state index contributed by atoms with van der Waals surface area (Å²) in [5, 5.41) is 5.57. The van der Waals surface area contributed by atoms with Crippen LogP contribution in [0.1, 0.15) is 18.4 Å². The van der Waals surface area contributed by atoms with Crippen molar-refractivity contribution in [3.05, 3.63) is 59.9 Å². The van der Waals surface area contributed by atoms with E-state index in [2.05, 4.69) is 10.6 Å². The molecule has 0 aliphatic carbocycles. The molecule has 5 nitrogen and oxygen atoms in total. The number of benzene rings is 2. The second-order valence-corrected chi connectivity index (χ2v) is 5.92. The van der Waals surface area contributed by atoms with E-state index in [-0.39, 0.29) is 24.6 Å². The molecule has 2 aromatic carbocycles. The maximum absolute atomic E-state index is 13.2. The Hall–Kier alpha value is -2.60. The van der Waals surface area contributed by atoms with Gasteiger partial charge in [-0.25, -0.2) is 9.18 Å². The first-order valence-electron chi connectivity index (χ1n) is 8.33. The van der Waals surface area contributed by atoms with E-state index in [4.69, 9.17) is 9.47 Å². The fraction of sp³-hybridized carbons (Fsp3) is 0.316. The van der Waals surface area contributed by atoms with Gasteiger partial charge in [0.25, 0.3) is 0 Å². The van der Waals surface area contributed by atoms with Gasteiger partial charge in [-0.1, -0.05) is 18.2 Å². The summed E-state index contributed by atoms with van der Waals surface area (Å²) in [5.41, 5.74) is 1.37. The highest BCUT2D eigenvalue weighted by Gasteiger charge is 2.16. The molecule has 0 saturated carbocycles. The number of nitrogens with one attached hydrogen (secondary N) is 2. The summed E-state index contributed by atoms with van der Waals surface area (Å²) < 4.78 is 24.3. The van der Waals surface area contributed by atoms with Crippen molar-refractivity contribution in [2.24, 2.45) is 0 Å². The molecule has 2 amide bonds. The smallest absolute Gasteiger partial charge is 0.319 e. The van der Waals surface area contributed by atoms with Gasteiger partial charge in [0, 0.05) is 24.9 Å². The first kappa shape index (κ1) is 17.2. The number of rotatable bonds is 6. The summed E-state index contributed by atoms with van der Waals surface area (Å²) in [6.45, 7) is 1.52. The summed E-state index contributed by atoms with van der Waals surface area (Å²) in [5.74, 6) is 0.306. The van der Waals surface area contributed by atoms with E-state index >= 15 is 0 Å². The lowest BCUT2D eigenvalue weighted by Crippen LogP contribution is -2.35. The molecular formula is C19H21FN2O3. The van der Waals surface area contributed by atoms with Gasteiger partial charge in [-0.3, -0.25) is 0 Å². The van der Waals surface area contributed by atoms with E-state index < -0.39 is 0 Å². The van der Waals surface area contributed by atoms with E-state index in [1.54, 1.807) is 36.4 Å². The third-order valence-corrected chi connectivity index (χ3v) is 3.90. The van der Waals surface area contributed by atoms with E-state index in [9.17, 15) is 9.18 Å². The number of halogens is 1. The number of anilines is 1. The number of carbonyl (C=O) groups is 1. The van der Waals surface area contributed by atoms with Gasteiger partial charge in [0.2, 0.25) is 0 Å². The van der Waals surface area contributed by atoms with Gasteiger partial charge >= 0.3 is 6.03 Å². The molecule has 0 aromatic heterocycles. The number of hydrogen-bond donors (Lipinski definition) is 2. The van der Waals surface area contributed by atoms with Gasteiger partial charge < -0.3 is 20.1 Å². The Bertz CT molecular complexity index is 717. The van der Waals surface area contributed by atoms with Crippen molar-refractivity contribution in [3.63, 3.8) is 0 Å². The van der Waals surface area contributed by atoms with Crippen LogP contribution >= 0.6 is 0 Å². The van der Waals surface area contributed by atoms with Gasteiger partial charge in [0.15, 0.2) is 0 Å². The minimum atomic E-state index is -0.292. The van der Waals surface area contributed by atoms with Crippen LogP contribution in [-0.2, 0) is 11.3 Å². The lowest BCUT2D eigenvalue weighted by atomic mass is 10.2. The van der Waals surface area contributed by atoms with Crippen LogP contribution < -0.4 is 15.4 Å².